The van der Waals surface area contributed by atoms with Crippen molar-refractivity contribution in [2.75, 3.05) is 6.54 Å². The highest BCUT2D eigenvalue weighted by Crippen LogP contribution is 2.40. The van der Waals surface area contributed by atoms with Gasteiger partial charge in [0.1, 0.15) is 5.75 Å². The number of Topliss-reactive ketones (excluding diaryl/α,β-unsaturated/α-hetero) is 1. The minimum absolute atomic E-state index is 0.0514. The van der Waals surface area contributed by atoms with E-state index in [4.69, 9.17) is 0 Å². The molecule has 1 atom stereocenters. The Balaban J connectivity index is 1.74. The van der Waals surface area contributed by atoms with E-state index in [1.165, 1.54) is 28.4 Å². The van der Waals surface area contributed by atoms with E-state index in [9.17, 15) is 19.8 Å². The van der Waals surface area contributed by atoms with Gasteiger partial charge in [0.25, 0.3) is 5.91 Å². The number of rotatable bonds is 6. The van der Waals surface area contributed by atoms with Gasteiger partial charge in [-0.25, -0.2) is 4.98 Å². The molecule has 0 saturated carbocycles. The predicted molar refractivity (Wildman–Crippen MR) is 118 cm³/mol. The van der Waals surface area contributed by atoms with Crippen LogP contribution in [0.15, 0.2) is 65.9 Å². The Morgan fingerprint density at radius 2 is 1.74 bits per heavy atom. The van der Waals surface area contributed by atoms with Crippen molar-refractivity contribution in [2.45, 2.75) is 26.3 Å². The second-order valence-corrected chi connectivity index (χ2v) is 8.67. The zero-order chi connectivity index (χ0) is 22.1. The molecule has 158 valence electrons. The SMILES string of the molecule is Cc1nc(C)c(C(=O)C2=C(O)C(=O)N(CCc3ccccc3)C2c2ccc(O)cc2)s1. The number of phenolic OH excluding ortho intramolecular Hbond substituents is 1. The fourth-order valence-corrected chi connectivity index (χ4v) is 4.75. The number of aryl methyl sites for hydroxylation is 2. The fourth-order valence-electron chi connectivity index (χ4n) is 3.88. The van der Waals surface area contributed by atoms with Crippen molar-refractivity contribution in [3.63, 3.8) is 0 Å². The summed E-state index contributed by atoms with van der Waals surface area (Å²) in [4.78, 5) is 32.7. The third-order valence-corrected chi connectivity index (χ3v) is 6.42. The summed E-state index contributed by atoms with van der Waals surface area (Å²) < 4.78 is 0. The largest absolute Gasteiger partial charge is 0.508 e. The molecule has 3 aromatic rings. The van der Waals surface area contributed by atoms with Crippen LogP contribution in [-0.2, 0) is 11.2 Å². The molecule has 0 spiro atoms. The van der Waals surface area contributed by atoms with Crippen LogP contribution in [0.5, 0.6) is 5.75 Å². The third-order valence-electron chi connectivity index (χ3n) is 5.35. The molecule has 1 aliphatic rings. The zero-order valence-electron chi connectivity index (χ0n) is 17.2. The van der Waals surface area contributed by atoms with E-state index >= 15 is 0 Å². The van der Waals surface area contributed by atoms with Crippen molar-refractivity contribution in [1.82, 2.24) is 9.88 Å². The summed E-state index contributed by atoms with van der Waals surface area (Å²) in [7, 11) is 0. The number of hydrogen-bond donors (Lipinski definition) is 2. The van der Waals surface area contributed by atoms with E-state index in [1.807, 2.05) is 37.3 Å². The lowest BCUT2D eigenvalue weighted by Gasteiger charge is -2.27. The molecular weight excluding hydrogens is 412 g/mol. The number of aromatic hydroxyl groups is 1. The molecule has 2 N–H and O–H groups in total. The van der Waals surface area contributed by atoms with E-state index in [0.29, 0.717) is 29.1 Å². The van der Waals surface area contributed by atoms with Crippen molar-refractivity contribution >= 4 is 23.0 Å². The molecule has 1 aliphatic heterocycles. The predicted octanol–water partition coefficient (Wildman–Crippen LogP) is 4.29. The lowest BCUT2D eigenvalue weighted by atomic mass is 9.95. The van der Waals surface area contributed by atoms with Crippen LogP contribution < -0.4 is 0 Å². The molecule has 0 aliphatic carbocycles. The molecule has 7 heteroatoms. The standard InChI is InChI=1S/C24H22N2O4S/c1-14-23(31-15(2)25-14)21(28)19-20(17-8-10-18(27)11-9-17)26(24(30)22(19)29)13-12-16-6-4-3-5-7-16/h3-11,20,27,29H,12-13H2,1-2H3. The summed E-state index contributed by atoms with van der Waals surface area (Å²) in [5, 5.41) is 21.2. The average molecular weight is 435 g/mol. The van der Waals surface area contributed by atoms with Crippen LogP contribution in [0.1, 0.15) is 37.5 Å². The topological polar surface area (TPSA) is 90.7 Å². The monoisotopic (exact) mass is 434 g/mol. The molecule has 1 aromatic heterocycles. The molecule has 0 saturated heterocycles. The van der Waals surface area contributed by atoms with Gasteiger partial charge >= 0.3 is 0 Å². The van der Waals surface area contributed by atoms with Crippen molar-refractivity contribution in [2.24, 2.45) is 0 Å². The molecule has 0 fully saturated rings. The van der Waals surface area contributed by atoms with Gasteiger partial charge in [-0.2, -0.15) is 0 Å². The number of aliphatic hydroxyl groups excluding tert-OH is 1. The van der Waals surface area contributed by atoms with Crippen molar-refractivity contribution in [3.05, 3.63) is 92.6 Å². The maximum absolute atomic E-state index is 13.4. The normalized spacial score (nSPS) is 16.3. The van der Waals surface area contributed by atoms with Crippen molar-refractivity contribution in [1.29, 1.82) is 0 Å². The van der Waals surface area contributed by atoms with Gasteiger partial charge in [0.2, 0.25) is 5.78 Å². The van der Waals surface area contributed by atoms with Crippen LogP contribution in [0.4, 0.5) is 0 Å². The Labute approximate surface area is 184 Å². The van der Waals surface area contributed by atoms with Crippen LogP contribution in [0, 0.1) is 13.8 Å². The number of carbonyl (C=O) groups excluding carboxylic acids is 2. The number of benzene rings is 2. The van der Waals surface area contributed by atoms with E-state index < -0.39 is 23.5 Å². The number of carbonyl (C=O) groups is 2. The average Bonchev–Trinajstić information content (AvgIpc) is 3.23. The van der Waals surface area contributed by atoms with Gasteiger partial charge in [-0.1, -0.05) is 42.5 Å². The minimum atomic E-state index is -0.744. The van der Waals surface area contributed by atoms with E-state index in [-0.39, 0.29) is 11.3 Å². The van der Waals surface area contributed by atoms with Gasteiger partial charge in [-0.15, -0.1) is 11.3 Å². The summed E-state index contributed by atoms with van der Waals surface area (Å²) in [5.41, 5.74) is 2.32. The zero-order valence-corrected chi connectivity index (χ0v) is 18.0. The Bertz CT molecular complexity index is 1170. The third kappa shape index (κ3) is 3.96. The summed E-state index contributed by atoms with van der Waals surface area (Å²) in [6.07, 6.45) is 0.578. The maximum Gasteiger partial charge on any atom is 0.290 e. The first kappa shape index (κ1) is 20.8. The Morgan fingerprint density at radius 1 is 1.06 bits per heavy atom. The summed E-state index contributed by atoms with van der Waals surface area (Å²) in [6, 6.07) is 15.3. The van der Waals surface area contributed by atoms with Crippen LogP contribution in [0.25, 0.3) is 0 Å². The molecule has 6 nitrogen and oxygen atoms in total. The first-order valence-corrected chi connectivity index (χ1v) is 10.7. The van der Waals surface area contributed by atoms with Gasteiger partial charge in [-0.05, 0) is 43.5 Å². The van der Waals surface area contributed by atoms with Gasteiger partial charge in [0.05, 0.1) is 27.2 Å². The molecule has 2 aromatic carbocycles. The summed E-state index contributed by atoms with van der Waals surface area (Å²) >= 11 is 1.25. The quantitative estimate of drug-likeness (QED) is 0.565. The number of nitrogens with zero attached hydrogens (tertiary/aromatic N) is 2. The number of thiazole rings is 1. The van der Waals surface area contributed by atoms with Crippen LogP contribution >= 0.6 is 11.3 Å². The van der Waals surface area contributed by atoms with Crippen molar-refractivity contribution < 1.29 is 19.8 Å². The Morgan fingerprint density at radius 3 is 2.35 bits per heavy atom. The lowest BCUT2D eigenvalue weighted by Crippen LogP contribution is -2.33. The van der Waals surface area contributed by atoms with E-state index in [0.717, 1.165) is 10.6 Å². The second-order valence-electron chi connectivity index (χ2n) is 7.47. The maximum atomic E-state index is 13.4. The smallest absolute Gasteiger partial charge is 0.290 e. The van der Waals surface area contributed by atoms with Crippen molar-refractivity contribution in [3.8, 4) is 5.75 Å². The Kier molecular flexibility index (Phi) is 5.61. The first-order valence-electron chi connectivity index (χ1n) is 9.92. The van der Waals surface area contributed by atoms with Crippen LogP contribution in [-0.4, -0.2) is 38.3 Å². The van der Waals surface area contributed by atoms with Gasteiger partial charge in [-0.3, -0.25) is 9.59 Å². The lowest BCUT2D eigenvalue weighted by molar-refractivity contribution is -0.129. The van der Waals surface area contributed by atoms with E-state index in [2.05, 4.69) is 4.98 Å². The first-order chi connectivity index (χ1) is 14.9. The highest BCUT2D eigenvalue weighted by atomic mass is 32.1. The van der Waals surface area contributed by atoms with Gasteiger partial charge in [0.15, 0.2) is 5.76 Å². The van der Waals surface area contributed by atoms with Gasteiger partial charge < -0.3 is 15.1 Å². The molecule has 31 heavy (non-hydrogen) atoms. The molecule has 1 amide bonds. The minimum Gasteiger partial charge on any atom is -0.508 e. The number of aromatic nitrogens is 1. The van der Waals surface area contributed by atoms with Crippen LogP contribution in [0.2, 0.25) is 0 Å². The molecular formula is C24H22N2O4S. The molecule has 0 bridgehead atoms. The Hall–Kier alpha value is -3.45. The van der Waals surface area contributed by atoms with Gasteiger partial charge in [0, 0.05) is 6.54 Å². The highest BCUT2D eigenvalue weighted by Gasteiger charge is 2.44. The second kappa shape index (κ2) is 8.35. The number of ketones is 1. The summed E-state index contributed by atoms with van der Waals surface area (Å²) in [5.74, 6) is -1.41. The number of aliphatic hydroxyl groups is 1. The number of phenols is 1. The highest BCUT2D eigenvalue weighted by molar-refractivity contribution is 7.14. The molecule has 4 rings (SSSR count). The molecule has 2 heterocycles. The number of hydrogen-bond acceptors (Lipinski definition) is 6. The summed E-state index contributed by atoms with van der Waals surface area (Å²) in [6.45, 7) is 3.88. The molecule has 0 radical (unpaired) electrons. The van der Waals surface area contributed by atoms with E-state index in [1.54, 1.807) is 19.1 Å². The fraction of sp³-hybridized carbons (Fsp3) is 0.208. The number of amides is 1. The van der Waals surface area contributed by atoms with Crippen LogP contribution in [0.3, 0.4) is 0 Å². The molecule has 1 unspecified atom stereocenters.